The van der Waals surface area contributed by atoms with Crippen molar-refractivity contribution < 1.29 is 18.0 Å². The minimum Gasteiger partial charge on any atom is -0.322 e. The van der Waals surface area contributed by atoms with Crippen molar-refractivity contribution >= 4 is 11.6 Å². The second-order valence-electron chi connectivity index (χ2n) is 6.22. The summed E-state index contributed by atoms with van der Waals surface area (Å²) < 4.78 is 40.5. The Labute approximate surface area is 150 Å². The van der Waals surface area contributed by atoms with Crippen molar-refractivity contribution in [2.75, 3.05) is 31.5 Å². The lowest BCUT2D eigenvalue weighted by atomic mass is 10.0. The first-order chi connectivity index (χ1) is 12.4. The zero-order valence-electron chi connectivity index (χ0n) is 14.1. The number of halogens is 3. The lowest BCUT2D eigenvalue weighted by molar-refractivity contribution is -0.138. The predicted octanol–water partition coefficient (Wildman–Crippen LogP) is 3.36. The van der Waals surface area contributed by atoms with E-state index in [2.05, 4.69) is 10.6 Å². The molecular weight excluding hydrogens is 343 g/mol. The van der Waals surface area contributed by atoms with Crippen molar-refractivity contribution in [3.8, 4) is 0 Å². The van der Waals surface area contributed by atoms with Gasteiger partial charge in [0.1, 0.15) is 0 Å². The van der Waals surface area contributed by atoms with Crippen LogP contribution >= 0.6 is 0 Å². The molecule has 2 N–H and O–H groups in total. The summed E-state index contributed by atoms with van der Waals surface area (Å²) in [5, 5.41) is 5.72. The zero-order valence-corrected chi connectivity index (χ0v) is 14.1. The Bertz CT molecular complexity index is 756. The number of piperazine rings is 1. The SMILES string of the molecule is O=C(Nc1ccc(CN2CCNCC2)c(C(F)(F)F)c1)c1ccccc1. The van der Waals surface area contributed by atoms with Crippen molar-refractivity contribution in [3.63, 3.8) is 0 Å². The van der Waals surface area contributed by atoms with Crippen LogP contribution in [0.15, 0.2) is 48.5 Å². The molecule has 4 nitrogen and oxygen atoms in total. The van der Waals surface area contributed by atoms with Crippen LogP contribution in [-0.4, -0.2) is 37.0 Å². The maximum atomic E-state index is 13.5. The molecule has 0 saturated carbocycles. The molecule has 138 valence electrons. The van der Waals surface area contributed by atoms with Crippen molar-refractivity contribution in [2.45, 2.75) is 12.7 Å². The molecular formula is C19H20F3N3O. The summed E-state index contributed by atoms with van der Waals surface area (Å²) in [7, 11) is 0. The van der Waals surface area contributed by atoms with E-state index in [4.69, 9.17) is 0 Å². The van der Waals surface area contributed by atoms with E-state index in [1.54, 1.807) is 30.3 Å². The Morgan fingerprint density at radius 1 is 1.08 bits per heavy atom. The van der Waals surface area contributed by atoms with Gasteiger partial charge in [-0.05, 0) is 29.8 Å². The highest BCUT2D eigenvalue weighted by molar-refractivity contribution is 6.04. The van der Waals surface area contributed by atoms with E-state index in [1.165, 1.54) is 12.1 Å². The predicted molar refractivity (Wildman–Crippen MR) is 94.0 cm³/mol. The smallest absolute Gasteiger partial charge is 0.322 e. The lowest BCUT2D eigenvalue weighted by Crippen LogP contribution is -2.43. The number of amides is 1. The largest absolute Gasteiger partial charge is 0.416 e. The summed E-state index contributed by atoms with van der Waals surface area (Å²) in [4.78, 5) is 14.2. The van der Waals surface area contributed by atoms with E-state index in [-0.39, 0.29) is 17.8 Å². The fourth-order valence-electron chi connectivity index (χ4n) is 2.96. The first-order valence-corrected chi connectivity index (χ1v) is 8.43. The van der Waals surface area contributed by atoms with Crippen LogP contribution in [0.2, 0.25) is 0 Å². The maximum absolute atomic E-state index is 13.5. The van der Waals surface area contributed by atoms with Crippen molar-refractivity contribution in [2.24, 2.45) is 0 Å². The van der Waals surface area contributed by atoms with E-state index in [0.29, 0.717) is 18.7 Å². The van der Waals surface area contributed by atoms with Crippen LogP contribution < -0.4 is 10.6 Å². The van der Waals surface area contributed by atoms with E-state index in [0.717, 1.165) is 19.2 Å². The number of benzene rings is 2. The monoisotopic (exact) mass is 363 g/mol. The molecule has 0 unspecified atom stereocenters. The molecule has 1 fully saturated rings. The molecule has 1 saturated heterocycles. The van der Waals surface area contributed by atoms with Crippen molar-refractivity contribution in [3.05, 3.63) is 65.2 Å². The quantitative estimate of drug-likeness (QED) is 0.876. The van der Waals surface area contributed by atoms with Gasteiger partial charge in [-0.25, -0.2) is 0 Å². The van der Waals surface area contributed by atoms with E-state index in [1.807, 2.05) is 4.90 Å². The number of carbonyl (C=O) groups excluding carboxylic acids is 1. The molecule has 1 aliphatic rings. The molecule has 1 amide bonds. The van der Waals surface area contributed by atoms with Crippen molar-refractivity contribution in [1.29, 1.82) is 0 Å². The summed E-state index contributed by atoms with van der Waals surface area (Å²) in [5.74, 6) is -0.437. The number of anilines is 1. The summed E-state index contributed by atoms with van der Waals surface area (Å²) in [6.45, 7) is 3.20. The highest BCUT2D eigenvalue weighted by atomic mass is 19.4. The first-order valence-electron chi connectivity index (χ1n) is 8.43. The topological polar surface area (TPSA) is 44.4 Å². The average molecular weight is 363 g/mol. The molecule has 0 bridgehead atoms. The van der Waals surface area contributed by atoms with Gasteiger partial charge in [0.2, 0.25) is 0 Å². The van der Waals surface area contributed by atoms with Crippen LogP contribution in [0.1, 0.15) is 21.5 Å². The van der Waals surface area contributed by atoms with Gasteiger partial charge in [-0.1, -0.05) is 24.3 Å². The van der Waals surface area contributed by atoms with Gasteiger partial charge in [0.05, 0.1) is 5.56 Å². The first kappa shape index (κ1) is 18.4. The third-order valence-electron chi connectivity index (χ3n) is 4.31. The van der Waals surface area contributed by atoms with Crippen LogP contribution in [0.25, 0.3) is 0 Å². The molecule has 2 aromatic rings. The fourth-order valence-corrected chi connectivity index (χ4v) is 2.96. The van der Waals surface area contributed by atoms with Crippen LogP contribution in [0.4, 0.5) is 18.9 Å². The average Bonchev–Trinajstić information content (AvgIpc) is 2.63. The molecule has 0 atom stereocenters. The van der Waals surface area contributed by atoms with Crippen molar-refractivity contribution in [1.82, 2.24) is 10.2 Å². The molecule has 0 aromatic heterocycles. The summed E-state index contributed by atoms with van der Waals surface area (Å²) in [6, 6.07) is 12.4. The van der Waals surface area contributed by atoms with Crippen LogP contribution in [0.3, 0.4) is 0 Å². The molecule has 0 aliphatic carbocycles. The highest BCUT2D eigenvalue weighted by Crippen LogP contribution is 2.34. The molecule has 1 aliphatic heterocycles. The lowest BCUT2D eigenvalue weighted by Gasteiger charge is -2.28. The molecule has 1 heterocycles. The number of hydrogen-bond donors (Lipinski definition) is 2. The van der Waals surface area contributed by atoms with Crippen LogP contribution in [0.5, 0.6) is 0 Å². The number of carbonyl (C=O) groups is 1. The van der Waals surface area contributed by atoms with Gasteiger partial charge in [-0.15, -0.1) is 0 Å². The van der Waals surface area contributed by atoms with E-state index >= 15 is 0 Å². The molecule has 3 rings (SSSR count). The standard InChI is InChI=1S/C19H20F3N3O/c20-19(21,22)17-12-16(24-18(26)14-4-2-1-3-5-14)7-6-15(17)13-25-10-8-23-9-11-25/h1-7,12,23H,8-11,13H2,(H,24,26). The Hall–Kier alpha value is -2.38. The Morgan fingerprint density at radius 3 is 2.42 bits per heavy atom. The van der Waals surface area contributed by atoms with Gasteiger partial charge in [0.25, 0.3) is 5.91 Å². The number of nitrogens with zero attached hydrogens (tertiary/aromatic N) is 1. The van der Waals surface area contributed by atoms with E-state index in [9.17, 15) is 18.0 Å². The molecule has 7 heteroatoms. The maximum Gasteiger partial charge on any atom is 0.416 e. The van der Waals surface area contributed by atoms with Crippen LogP contribution in [-0.2, 0) is 12.7 Å². The zero-order chi connectivity index (χ0) is 18.6. The molecule has 0 spiro atoms. The molecule has 0 radical (unpaired) electrons. The Balaban J connectivity index is 1.81. The van der Waals surface area contributed by atoms with Gasteiger partial charge in [-0.2, -0.15) is 13.2 Å². The third-order valence-corrected chi connectivity index (χ3v) is 4.31. The normalized spacial score (nSPS) is 15.7. The van der Waals surface area contributed by atoms with E-state index < -0.39 is 17.6 Å². The number of nitrogens with one attached hydrogen (secondary N) is 2. The van der Waals surface area contributed by atoms with Gasteiger partial charge >= 0.3 is 6.18 Å². The highest BCUT2D eigenvalue weighted by Gasteiger charge is 2.34. The third kappa shape index (κ3) is 4.62. The second kappa shape index (κ2) is 7.88. The minimum absolute atomic E-state index is 0.134. The Kier molecular flexibility index (Phi) is 5.58. The summed E-state index contributed by atoms with van der Waals surface area (Å²) >= 11 is 0. The van der Waals surface area contributed by atoms with Crippen LogP contribution in [0, 0.1) is 0 Å². The number of alkyl halides is 3. The summed E-state index contributed by atoms with van der Waals surface area (Å²) in [6.07, 6.45) is -4.48. The van der Waals surface area contributed by atoms with Gasteiger partial charge in [0.15, 0.2) is 0 Å². The summed E-state index contributed by atoms with van der Waals surface area (Å²) in [5.41, 5.74) is 0.0418. The minimum atomic E-state index is -4.48. The molecule has 26 heavy (non-hydrogen) atoms. The van der Waals surface area contributed by atoms with Gasteiger partial charge in [-0.3, -0.25) is 9.69 Å². The molecule has 2 aromatic carbocycles. The van der Waals surface area contributed by atoms with Gasteiger partial charge in [0, 0.05) is 44.0 Å². The number of rotatable bonds is 4. The fraction of sp³-hybridized carbons (Fsp3) is 0.316. The second-order valence-corrected chi connectivity index (χ2v) is 6.22. The van der Waals surface area contributed by atoms with Gasteiger partial charge < -0.3 is 10.6 Å². The Morgan fingerprint density at radius 2 is 1.77 bits per heavy atom. The number of hydrogen-bond acceptors (Lipinski definition) is 3.